The Labute approximate surface area is 135 Å². The molecule has 2 N–H and O–H groups in total. The number of sulfonamides is 1. The van der Waals surface area contributed by atoms with Crippen molar-refractivity contribution in [2.45, 2.75) is 17.2 Å². The monoisotopic (exact) mass is 334 g/mol. The van der Waals surface area contributed by atoms with E-state index >= 15 is 0 Å². The summed E-state index contributed by atoms with van der Waals surface area (Å²) in [5, 5.41) is 5.05. The second-order valence-corrected chi connectivity index (χ2v) is 7.03. The minimum Gasteiger partial charge on any atom is -0.497 e. The van der Waals surface area contributed by atoms with E-state index in [2.05, 4.69) is 22.1 Å². The van der Waals surface area contributed by atoms with Gasteiger partial charge in [0.2, 0.25) is 16.0 Å². The number of nitrogens with zero attached hydrogens (tertiary/aromatic N) is 3. The van der Waals surface area contributed by atoms with E-state index in [9.17, 15) is 8.42 Å². The summed E-state index contributed by atoms with van der Waals surface area (Å²) in [4.78, 5) is 10.2. The summed E-state index contributed by atoms with van der Waals surface area (Å²) in [6.45, 7) is 1.62. The average Bonchev–Trinajstić information content (AvgIpc) is 3.04. The molecule has 2 heterocycles. The number of ether oxygens (including phenoxy) is 1. The quantitative estimate of drug-likeness (QED) is 0.900. The van der Waals surface area contributed by atoms with Crippen molar-refractivity contribution in [3.05, 3.63) is 42.2 Å². The number of rotatable bonds is 4. The lowest BCUT2D eigenvalue weighted by molar-refractivity contribution is 0.414. The van der Waals surface area contributed by atoms with Crippen molar-refractivity contribution in [2.24, 2.45) is 5.14 Å². The number of hydrogen-bond donors (Lipinski definition) is 1. The van der Waals surface area contributed by atoms with Gasteiger partial charge < -0.3 is 9.64 Å². The van der Waals surface area contributed by atoms with Crippen LogP contribution in [0, 0.1) is 0 Å². The number of primary sulfonamides is 1. The van der Waals surface area contributed by atoms with E-state index in [0.29, 0.717) is 11.9 Å². The molecule has 0 spiro atoms. The van der Waals surface area contributed by atoms with Crippen molar-refractivity contribution in [3.8, 4) is 5.75 Å². The van der Waals surface area contributed by atoms with E-state index in [-0.39, 0.29) is 4.90 Å². The number of anilines is 1. The van der Waals surface area contributed by atoms with Crippen LogP contribution >= 0.6 is 0 Å². The molecule has 1 aromatic carbocycles. The summed E-state index contributed by atoms with van der Waals surface area (Å²) in [5.41, 5.74) is 1.24. The fraction of sp³-hybridized carbons (Fsp3) is 0.333. The van der Waals surface area contributed by atoms with Gasteiger partial charge in [-0.3, -0.25) is 0 Å². The first kappa shape index (κ1) is 15.7. The van der Waals surface area contributed by atoms with Crippen molar-refractivity contribution >= 4 is 16.0 Å². The molecule has 1 aliphatic heterocycles. The molecular formula is C15H18N4O3S. The van der Waals surface area contributed by atoms with Crippen LogP contribution in [0.5, 0.6) is 5.75 Å². The third kappa shape index (κ3) is 3.43. The van der Waals surface area contributed by atoms with Gasteiger partial charge in [-0.15, -0.1) is 0 Å². The van der Waals surface area contributed by atoms with Gasteiger partial charge in [-0.25, -0.2) is 23.5 Å². The van der Waals surface area contributed by atoms with Crippen LogP contribution in [0.25, 0.3) is 0 Å². The van der Waals surface area contributed by atoms with E-state index in [4.69, 9.17) is 9.88 Å². The molecule has 0 aliphatic carbocycles. The summed E-state index contributed by atoms with van der Waals surface area (Å²) in [5.74, 6) is 1.75. The van der Waals surface area contributed by atoms with Gasteiger partial charge in [-0.05, 0) is 24.1 Å². The van der Waals surface area contributed by atoms with Crippen LogP contribution in [0.15, 0.2) is 41.6 Å². The van der Waals surface area contributed by atoms with Gasteiger partial charge in [-0.1, -0.05) is 12.1 Å². The van der Waals surface area contributed by atoms with Crippen LogP contribution in [0.3, 0.4) is 0 Å². The summed E-state index contributed by atoms with van der Waals surface area (Å²) in [6.07, 6.45) is 3.49. The maximum atomic E-state index is 11.2. The molecular weight excluding hydrogens is 316 g/mol. The Bertz CT molecular complexity index is 775. The number of methoxy groups -OCH3 is 1. The number of nitrogens with two attached hydrogens (primary N) is 1. The lowest BCUT2D eigenvalue weighted by Crippen LogP contribution is -2.22. The summed E-state index contributed by atoms with van der Waals surface area (Å²) >= 11 is 0. The van der Waals surface area contributed by atoms with Crippen molar-refractivity contribution in [1.29, 1.82) is 0 Å². The van der Waals surface area contributed by atoms with Crippen molar-refractivity contribution in [1.82, 2.24) is 9.97 Å². The van der Waals surface area contributed by atoms with E-state index < -0.39 is 10.0 Å². The lowest BCUT2D eigenvalue weighted by Gasteiger charge is -2.16. The van der Waals surface area contributed by atoms with E-state index in [0.717, 1.165) is 25.3 Å². The molecule has 7 nitrogen and oxygen atoms in total. The number of benzene rings is 1. The first-order valence-corrected chi connectivity index (χ1v) is 8.76. The Kier molecular flexibility index (Phi) is 4.18. The Morgan fingerprint density at radius 2 is 1.87 bits per heavy atom. The molecule has 2 aromatic rings. The third-order valence-corrected chi connectivity index (χ3v) is 4.87. The topological polar surface area (TPSA) is 98.4 Å². The first-order chi connectivity index (χ1) is 11.0. The van der Waals surface area contributed by atoms with Gasteiger partial charge in [0.25, 0.3) is 0 Å². The minimum atomic E-state index is -3.76. The van der Waals surface area contributed by atoms with Crippen LogP contribution in [-0.2, 0) is 10.0 Å². The number of aromatic nitrogens is 2. The van der Waals surface area contributed by atoms with Crippen LogP contribution in [0.2, 0.25) is 0 Å². The molecule has 1 unspecified atom stereocenters. The summed E-state index contributed by atoms with van der Waals surface area (Å²) in [7, 11) is -2.11. The fourth-order valence-electron chi connectivity index (χ4n) is 2.71. The zero-order valence-corrected chi connectivity index (χ0v) is 13.5. The zero-order valence-electron chi connectivity index (χ0n) is 12.7. The molecule has 0 bridgehead atoms. The average molecular weight is 334 g/mol. The molecule has 0 radical (unpaired) electrons. The van der Waals surface area contributed by atoms with Gasteiger partial charge in [0.05, 0.1) is 19.5 Å². The molecule has 0 saturated carbocycles. The fourth-order valence-corrected chi connectivity index (χ4v) is 3.11. The van der Waals surface area contributed by atoms with Crippen LogP contribution < -0.4 is 14.8 Å². The maximum Gasteiger partial charge on any atom is 0.241 e. The van der Waals surface area contributed by atoms with Crippen molar-refractivity contribution < 1.29 is 13.2 Å². The summed E-state index contributed by atoms with van der Waals surface area (Å²) in [6, 6.07) is 8.04. The van der Waals surface area contributed by atoms with E-state index in [1.807, 2.05) is 17.0 Å². The predicted octanol–water partition coefficient (Wildman–Crippen LogP) is 1.13. The largest absolute Gasteiger partial charge is 0.497 e. The molecule has 1 aliphatic rings. The SMILES string of the molecule is COc1ccc(C2CCN(c3ncc(S(N)(=O)=O)cn3)C2)cc1. The van der Waals surface area contributed by atoms with Gasteiger partial charge in [0.1, 0.15) is 10.6 Å². The second kappa shape index (κ2) is 6.13. The molecule has 1 fully saturated rings. The highest BCUT2D eigenvalue weighted by Crippen LogP contribution is 2.30. The third-order valence-electron chi connectivity index (χ3n) is 4.00. The molecule has 1 aromatic heterocycles. The molecule has 122 valence electrons. The van der Waals surface area contributed by atoms with Gasteiger partial charge >= 0.3 is 0 Å². The highest BCUT2D eigenvalue weighted by atomic mass is 32.2. The Balaban J connectivity index is 1.71. The molecule has 0 amide bonds. The zero-order chi connectivity index (χ0) is 16.4. The van der Waals surface area contributed by atoms with E-state index in [1.54, 1.807) is 7.11 Å². The molecule has 1 saturated heterocycles. The van der Waals surface area contributed by atoms with Crippen LogP contribution in [0.4, 0.5) is 5.95 Å². The highest BCUT2D eigenvalue weighted by Gasteiger charge is 2.25. The van der Waals surface area contributed by atoms with Crippen LogP contribution in [0.1, 0.15) is 17.9 Å². The normalized spacial score (nSPS) is 18.2. The van der Waals surface area contributed by atoms with Crippen LogP contribution in [-0.4, -0.2) is 38.6 Å². The van der Waals surface area contributed by atoms with Crippen molar-refractivity contribution in [3.63, 3.8) is 0 Å². The Morgan fingerprint density at radius 3 is 2.43 bits per heavy atom. The van der Waals surface area contributed by atoms with Gasteiger partial charge in [0.15, 0.2) is 0 Å². The Hall–Kier alpha value is -2.19. The Morgan fingerprint density at radius 1 is 1.22 bits per heavy atom. The predicted molar refractivity (Wildman–Crippen MR) is 86.0 cm³/mol. The molecule has 23 heavy (non-hydrogen) atoms. The number of hydrogen-bond acceptors (Lipinski definition) is 6. The highest BCUT2D eigenvalue weighted by molar-refractivity contribution is 7.89. The second-order valence-electron chi connectivity index (χ2n) is 5.47. The lowest BCUT2D eigenvalue weighted by atomic mass is 9.98. The summed E-state index contributed by atoms with van der Waals surface area (Å²) < 4.78 is 27.6. The smallest absolute Gasteiger partial charge is 0.241 e. The van der Waals surface area contributed by atoms with Gasteiger partial charge in [-0.2, -0.15) is 0 Å². The maximum absolute atomic E-state index is 11.2. The van der Waals surface area contributed by atoms with Crippen molar-refractivity contribution in [2.75, 3.05) is 25.1 Å². The van der Waals surface area contributed by atoms with Gasteiger partial charge in [0, 0.05) is 19.0 Å². The molecule has 3 rings (SSSR count). The standard InChI is InChI=1S/C15H18N4O3S/c1-22-13-4-2-11(3-5-13)12-6-7-19(10-12)15-17-8-14(9-18-15)23(16,20)21/h2-5,8-9,12H,6-7,10H2,1H3,(H2,16,20,21). The molecule has 8 heteroatoms. The first-order valence-electron chi connectivity index (χ1n) is 7.21. The minimum absolute atomic E-state index is 0.0767. The van der Waals surface area contributed by atoms with E-state index in [1.165, 1.54) is 18.0 Å². The molecule has 1 atom stereocenters.